The van der Waals surface area contributed by atoms with E-state index in [4.69, 9.17) is 0 Å². The van der Waals surface area contributed by atoms with Gasteiger partial charge in [0.15, 0.2) is 0 Å². The molecule has 2 atom stereocenters. The molecule has 0 spiro atoms. The summed E-state index contributed by atoms with van der Waals surface area (Å²) in [5, 5.41) is 4.68. The highest BCUT2D eigenvalue weighted by molar-refractivity contribution is 9.10. The van der Waals surface area contributed by atoms with Crippen molar-refractivity contribution in [1.82, 2.24) is 15.0 Å². The van der Waals surface area contributed by atoms with Crippen molar-refractivity contribution in [2.24, 2.45) is 11.0 Å². The minimum Gasteiger partial charge on any atom is -0.286 e. The molecule has 4 rings (SSSR count). The van der Waals surface area contributed by atoms with Gasteiger partial charge in [-0.05, 0) is 55.4 Å². The van der Waals surface area contributed by atoms with E-state index >= 15 is 0 Å². The molecule has 6 nitrogen and oxygen atoms in total. The van der Waals surface area contributed by atoms with Gasteiger partial charge in [-0.3, -0.25) is 14.2 Å². The van der Waals surface area contributed by atoms with E-state index in [0.717, 1.165) is 39.7 Å². The standard InChI is InChI=1S/C21H21BrN4O2S/c1-12-3-8-16-17(9-12)29-20-18(16)21(28)26(11-23-20)13(2)19(27)25-24-10-14-4-6-15(22)7-5-14/h4-7,10-13H,3,8-9H2,1-2H3,(H,25,27). The number of halogens is 1. The summed E-state index contributed by atoms with van der Waals surface area (Å²) in [7, 11) is 0. The summed E-state index contributed by atoms with van der Waals surface area (Å²) in [5.74, 6) is 0.269. The lowest BCUT2D eigenvalue weighted by Gasteiger charge is -2.18. The second-order valence-electron chi connectivity index (χ2n) is 7.45. The lowest BCUT2D eigenvalue weighted by Crippen LogP contribution is -2.34. The maximum absolute atomic E-state index is 13.1. The van der Waals surface area contributed by atoms with Crippen LogP contribution in [-0.2, 0) is 17.6 Å². The predicted molar refractivity (Wildman–Crippen MR) is 120 cm³/mol. The summed E-state index contributed by atoms with van der Waals surface area (Å²) >= 11 is 4.98. The average molecular weight is 473 g/mol. The number of aryl methyl sites for hydroxylation is 1. The summed E-state index contributed by atoms with van der Waals surface area (Å²) in [6.45, 7) is 3.92. The Kier molecular flexibility index (Phi) is 5.65. The van der Waals surface area contributed by atoms with Gasteiger partial charge in [0.1, 0.15) is 10.9 Å². The third kappa shape index (κ3) is 4.04. The maximum Gasteiger partial charge on any atom is 0.263 e. The van der Waals surface area contributed by atoms with Gasteiger partial charge in [-0.25, -0.2) is 10.4 Å². The fourth-order valence-corrected chi connectivity index (χ4v) is 5.16. The molecule has 8 heteroatoms. The Balaban J connectivity index is 1.55. The normalized spacial score (nSPS) is 17.4. The quantitative estimate of drug-likeness (QED) is 0.459. The lowest BCUT2D eigenvalue weighted by molar-refractivity contribution is -0.123. The van der Waals surface area contributed by atoms with Gasteiger partial charge in [-0.2, -0.15) is 5.10 Å². The van der Waals surface area contributed by atoms with Crippen molar-refractivity contribution in [3.8, 4) is 0 Å². The summed E-state index contributed by atoms with van der Waals surface area (Å²) in [6, 6.07) is 6.85. The number of hydrogen-bond donors (Lipinski definition) is 1. The SMILES string of the molecule is CC1CCc2c(sc3ncn(C(C)C(=O)NN=Cc4ccc(Br)cc4)c(=O)c23)C1. The van der Waals surface area contributed by atoms with Crippen molar-refractivity contribution in [3.05, 3.63) is 61.4 Å². The molecule has 150 valence electrons. The van der Waals surface area contributed by atoms with Crippen LogP contribution in [-0.4, -0.2) is 21.7 Å². The highest BCUT2D eigenvalue weighted by atomic mass is 79.9. The van der Waals surface area contributed by atoms with Crippen molar-refractivity contribution in [2.75, 3.05) is 0 Å². The molecular weight excluding hydrogens is 452 g/mol. The van der Waals surface area contributed by atoms with Gasteiger partial charge in [-0.1, -0.05) is 35.0 Å². The largest absolute Gasteiger partial charge is 0.286 e. The molecule has 0 aliphatic heterocycles. The van der Waals surface area contributed by atoms with E-state index in [2.05, 4.69) is 38.4 Å². The van der Waals surface area contributed by atoms with E-state index in [-0.39, 0.29) is 11.5 Å². The fraction of sp³-hybridized carbons (Fsp3) is 0.333. The van der Waals surface area contributed by atoms with Crippen LogP contribution in [0.3, 0.4) is 0 Å². The first-order chi connectivity index (χ1) is 13.9. The van der Waals surface area contributed by atoms with Crippen LogP contribution in [0.4, 0.5) is 0 Å². The minimum absolute atomic E-state index is 0.151. The van der Waals surface area contributed by atoms with Crippen molar-refractivity contribution >= 4 is 49.6 Å². The summed E-state index contributed by atoms with van der Waals surface area (Å²) in [5.41, 5.74) is 4.35. The maximum atomic E-state index is 13.1. The van der Waals surface area contributed by atoms with E-state index in [0.29, 0.717) is 11.3 Å². The van der Waals surface area contributed by atoms with E-state index in [9.17, 15) is 9.59 Å². The van der Waals surface area contributed by atoms with Crippen LogP contribution in [0.5, 0.6) is 0 Å². The topological polar surface area (TPSA) is 76.3 Å². The van der Waals surface area contributed by atoms with Gasteiger partial charge in [0.05, 0.1) is 17.9 Å². The molecule has 1 amide bonds. The second kappa shape index (κ2) is 8.20. The Labute approximate surface area is 180 Å². The molecule has 2 aromatic heterocycles. The number of benzene rings is 1. The Morgan fingerprint density at radius 3 is 2.93 bits per heavy atom. The number of hydrogen-bond acceptors (Lipinski definition) is 5. The zero-order valence-corrected chi connectivity index (χ0v) is 18.6. The molecule has 0 saturated heterocycles. The molecule has 2 heterocycles. The Hall–Kier alpha value is -2.32. The Morgan fingerprint density at radius 1 is 1.41 bits per heavy atom. The van der Waals surface area contributed by atoms with Crippen LogP contribution in [0.15, 0.2) is 45.0 Å². The van der Waals surface area contributed by atoms with E-state index < -0.39 is 6.04 Å². The predicted octanol–water partition coefficient (Wildman–Crippen LogP) is 4.06. The number of nitrogens with one attached hydrogen (secondary N) is 1. The fourth-order valence-electron chi connectivity index (χ4n) is 3.56. The number of carbonyl (C=O) groups excluding carboxylic acids is 1. The summed E-state index contributed by atoms with van der Waals surface area (Å²) in [6.07, 6.45) is 6.01. The first kappa shape index (κ1) is 20.0. The number of thiophene rings is 1. The zero-order valence-electron chi connectivity index (χ0n) is 16.2. The lowest BCUT2D eigenvalue weighted by atomic mass is 9.89. The number of fused-ring (bicyclic) bond motifs is 3. The summed E-state index contributed by atoms with van der Waals surface area (Å²) < 4.78 is 2.37. The van der Waals surface area contributed by atoms with Gasteiger partial charge in [-0.15, -0.1) is 11.3 Å². The zero-order chi connectivity index (χ0) is 20.5. The Morgan fingerprint density at radius 2 is 2.17 bits per heavy atom. The number of aromatic nitrogens is 2. The molecule has 0 bridgehead atoms. The van der Waals surface area contributed by atoms with Crippen LogP contribution < -0.4 is 11.0 Å². The molecule has 1 aromatic carbocycles. The monoisotopic (exact) mass is 472 g/mol. The number of amides is 1. The van der Waals surface area contributed by atoms with Crippen LogP contribution in [0.25, 0.3) is 10.2 Å². The van der Waals surface area contributed by atoms with Gasteiger partial charge in [0.2, 0.25) is 0 Å². The molecule has 1 aliphatic carbocycles. The number of rotatable bonds is 4. The van der Waals surface area contributed by atoms with Gasteiger partial charge >= 0.3 is 0 Å². The smallest absolute Gasteiger partial charge is 0.263 e. The van der Waals surface area contributed by atoms with Crippen LogP contribution in [0.1, 0.15) is 42.3 Å². The van der Waals surface area contributed by atoms with Crippen molar-refractivity contribution < 1.29 is 4.79 Å². The molecule has 1 N–H and O–H groups in total. The van der Waals surface area contributed by atoms with Gasteiger partial charge in [0, 0.05) is 9.35 Å². The number of nitrogens with zero attached hydrogens (tertiary/aromatic N) is 3. The Bertz CT molecular complexity index is 1150. The molecule has 0 radical (unpaired) electrons. The van der Waals surface area contributed by atoms with E-state index in [1.165, 1.54) is 15.8 Å². The van der Waals surface area contributed by atoms with Gasteiger partial charge in [0.25, 0.3) is 11.5 Å². The molecule has 0 fully saturated rings. The van der Waals surface area contributed by atoms with Gasteiger partial charge < -0.3 is 0 Å². The molecule has 3 aromatic rings. The van der Waals surface area contributed by atoms with Crippen LogP contribution in [0, 0.1) is 5.92 Å². The van der Waals surface area contributed by atoms with E-state index in [1.807, 2.05) is 24.3 Å². The van der Waals surface area contributed by atoms with E-state index in [1.54, 1.807) is 24.5 Å². The van der Waals surface area contributed by atoms with Crippen LogP contribution in [0.2, 0.25) is 0 Å². The van der Waals surface area contributed by atoms with Crippen molar-refractivity contribution in [1.29, 1.82) is 0 Å². The number of hydrazone groups is 1. The highest BCUT2D eigenvalue weighted by Gasteiger charge is 2.25. The highest BCUT2D eigenvalue weighted by Crippen LogP contribution is 2.35. The molecule has 2 unspecified atom stereocenters. The minimum atomic E-state index is -0.709. The van der Waals surface area contributed by atoms with Crippen molar-refractivity contribution in [3.63, 3.8) is 0 Å². The third-order valence-corrected chi connectivity index (χ3v) is 6.99. The first-order valence-electron chi connectivity index (χ1n) is 9.54. The molecular formula is C21H21BrN4O2S. The summed E-state index contributed by atoms with van der Waals surface area (Å²) in [4.78, 5) is 32.2. The number of carbonyl (C=O) groups is 1. The molecule has 0 saturated carbocycles. The molecule has 29 heavy (non-hydrogen) atoms. The third-order valence-electron chi connectivity index (χ3n) is 5.30. The second-order valence-corrected chi connectivity index (χ2v) is 9.45. The first-order valence-corrected chi connectivity index (χ1v) is 11.1. The van der Waals surface area contributed by atoms with Crippen LogP contribution >= 0.6 is 27.3 Å². The average Bonchev–Trinajstić information content (AvgIpc) is 3.07. The molecule has 1 aliphatic rings. The van der Waals surface area contributed by atoms with Crippen molar-refractivity contribution in [2.45, 2.75) is 39.2 Å².